The van der Waals surface area contributed by atoms with Crippen LogP contribution in [0.25, 0.3) is 11.3 Å². The van der Waals surface area contributed by atoms with Gasteiger partial charge in [0, 0.05) is 29.1 Å². The second kappa shape index (κ2) is 6.16. The van der Waals surface area contributed by atoms with Gasteiger partial charge in [0.2, 0.25) is 5.91 Å². The molecule has 2 aromatic rings. The molecule has 26 heavy (non-hydrogen) atoms. The standard InChI is InChI=1S/C17H11ClN2O6/c1-8(21)19-12-7-10(18)3-4-11(12)15(17(19)24)16(23)9-2-5-14(22)13(6-9)20(25)26/h2-7,22-23H,1H3/b16-15+. The van der Waals surface area contributed by atoms with Crippen LogP contribution in [0.3, 0.4) is 0 Å². The molecular formula is C17H11ClN2O6. The molecule has 0 aromatic heterocycles. The summed E-state index contributed by atoms with van der Waals surface area (Å²) >= 11 is 5.93. The molecular weight excluding hydrogens is 364 g/mol. The van der Waals surface area contributed by atoms with Crippen molar-refractivity contribution in [1.82, 2.24) is 0 Å². The number of halogens is 1. The van der Waals surface area contributed by atoms with E-state index >= 15 is 0 Å². The zero-order valence-corrected chi connectivity index (χ0v) is 14.0. The Morgan fingerprint density at radius 3 is 2.54 bits per heavy atom. The molecule has 8 nitrogen and oxygen atoms in total. The zero-order valence-electron chi connectivity index (χ0n) is 13.3. The summed E-state index contributed by atoms with van der Waals surface area (Å²) in [7, 11) is 0. The summed E-state index contributed by atoms with van der Waals surface area (Å²) in [5.74, 6) is -2.47. The van der Waals surface area contributed by atoms with E-state index in [1.54, 1.807) is 0 Å². The number of fused-ring (bicyclic) bond motifs is 1. The first-order chi connectivity index (χ1) is 12.2. The van der Waals surface area contributed by atoms with E-state index in [-0.39, 0.29) is 22.4 Å². The number of rotatable bonds is 2. The predicted octanol–water partition coefficient (Wildman–Crippen LogP) is 3.27. The van der Waals surface area contributed by atoms with E-state index in [0.29, 0.717) is 5.02 Å². The van der Waals surface area contributed by atoms with Crippen molar-refractivity contribution in [3.8, 4) is 5.75 Å². The van der Waals surface area contributed by atoms with Crippen LogP contribution in [0.2, 0.25) is 5.02 Å². The fourth-order valence-corrected chi connectivity index (χ4v) is 2.91. The number of benzene rings is 2. The number of amides is 2. The molecule has 0 bridgehead atoms. The van der Waals surface area contributed by atoms with Crippen molar-refractivity contribution in [2.45, 2.75) is 6.92 Å². The molecule has 0 fully saturated rings. The molecule has 0 saturated carbocycles. The number of carbonyl (C=O) groups is 2. The van der Waals surface area contributed by atoms with E-state index < -0.39 is 33.9 Å². The van der Waals surface area contributed by atoms with Crippen LogP contribution < -0.4 is 4.90 Å². The Bertz CT molecular complexity index is 1010. The van der Waals surface area contributed by atoms with E-state index in [1.807, 2.05) is 0 Å². The van der Waals surface area contributed by atoms with E-state index in [0.717, 1.165) is 17.0 Å². The molecule has 0 atom stereocenters. The highest BCUT2D eigenvalue weighted by Crippen LogP contribution is 2.42. The van der Waals surface area contributed by atoms with Gasteiger partial charge in [-0.15, -0.1) is 0 Å². The van der Waals surface area contributed by atoms with Gasteiger partial charge in [-0.1, -0.05) is 17.7 Å². The fourth-order valence-electron chi connectivity index (χ4n) is 2.74. The number of carbonyl (C=O) groups excluding carboxylic acids is 2. The lowest BCUT2D eigenvalue weighted by atomic mass is 10.0. The Kier molecular flexibility index (Phi) is 4.13. The molecule has 1 heterocycles. The largest absolute Gasteiger partial charge is 0.506 e. The number of anilines is 1. The van der Waals surface area contributed by atoms with Crippen molar-refractivity contribution < 1.29 is 24.7 Å². The second-order valence-corrected chi connectivity index (χ2v) is 5.94. The molecule has 0 unspecified atom stereocenters. The number of hydrogen-bond donors (Lipinski definition) is 2. The smallest absolute Gasteiger partial charge is 0.311 e. The minimum absolute atomic E-state index is 0.0517. The SMILES string of the molecule is CC(=O)N1C(=O)/C(=C(/O)c2ccc(O)c([N+](=O)[O-])c2)c2ccc(Cl)cc21. The lowest BCUT2D eigenvalue weighted by molar-refractivity contribution is -0.385. The van der Waals surface area contributed by atoms with Gasteiger partial charge in [0.1, 0.15) is 5.76 Å². The lowest BCUT2D eigenvalue weighted by Crippen LogP contribution is -2.31. The number of phenolic OH excluding ortho intramolecular Hbond substituents is 1. The maximum absolute atomic E-state index is 12.7. The normalized spacial score (nSPS) is 15.0. The van der Waals surface area contributed by atoms with E-state index in [4.69, 9.17) is 11.6 Å². The number of aliphatic hydroxyl groups excluding tert-OH is 1. The molecule has 132 valence electrons. The molecule has 9 heteroatoms. The molecule has 1 aliphatic heterocycles. The van der Waals surface area contributed by atoms with Crippen molar-refractivity contribution in [3.63, 3.8) is 0 Å². The van der Waals surface area contributed by atoms with Crippen molar-refractivity contribution in [2.24, 2.45) is 0 Å². The maximum Gasteiger partial charge on any atom is 0.311 e. The Balaban J connectivity index is 2.25. The highest BCUT2D eigenvalue weighted by Gasteiger charge is 2.38. The summed E-state index contributed by atoms with van der Waals surface area (Å²) in [4.78, 5) is 35.6. The van der Waals surface area contributed by atoms with Gasteiger partial charge in [0.05, 0.1) is 16.2 Å². The molecule has 2 aromatic carbocycles. The first-order valence-corrected chi connectivity index (χ1v) is 7.66. The van der Waals surface area contributed by atoms with E-state index in [1.165, 1.54) is 31.2 Å². The Labute approximate surface area is 151 Å². The van der Waals surface area contributed by atoms with Gasteiger partial charge in [-0.2, -0.15) is 0 Å². The monoisotopic (exact) mass is 374 g/mol. The summed E-state index contributed by atoms with van der Waals surface area (Å²) in [5.41, 5.74) is -0.386. The van der Waals surface area contributed by atoms with Gasteiger partial charge in [-0.3, -0.25) is 19.7 Å². The summed E-state index contributed by atoms with van der Waals surface area (Å²) in [6.07, 6.45) is 0. The Morgan fingerprint density at radius 1 is 1.23 bits per heavy atom. The first-order valence-electron chi connectivity index (χ1n) is 7.28. The van der Waals surface area contributed by atoms with Gasteiger partial charge < -0.3 is 10.2 Å². The predicted molar refractivity (Wildman–Crippen MR) is 93.8 cm³/mol. The van der Waals surface area contributed by atoms with Gasteiger partial charge >= 0.3 is 5.69 Å². The average molecular weight is 375 g/mol. The first kappa shape index (κ1) is 17.4. The van der Waals surface area contributed by atoms with Crippen LogP contribution in [0.4, 0.5) is 11.4 Å². The Hall–Kier alpha value is -3.39. The second-order valence-electron chi connectivity index (χ2n) is 5.51. The quantitative estimate of drug-likeness (QED) is 0.360. The van der Waals surface area contributed by atoms with Gasteiger partial charge in [0.15, 0.2) is 5.75 Å². The summed E-state index contributed by atoms with van der Waals surface area (Å²) in [5, 5.41) is 31.4. The van der Waals surface area contributed by atoms with Crippen LogP contribution in [0.5, 0.6) is 5.75 Å². The molecule has 0 saturated heterocycles. The third-order valence-electron chi connectivity index (χ3n) is 3.88. The molecule has 3 rings (SSSR count). The van der Waals surface area contributed by atoms with Gasteiger partial charge in [-0.05, 0) is 24.3 Å². The highest BCUT2D eigenvalue weighted by molar-refractivity contribution is 6.43. The molecule has 2 N–H and O–H groups in total. The van der Waals surface area contributed by atoms with Crippen molar-refractivity contribution in [2.75, 3.05) is 4.90 Å². The number of imide groups is 1. The maximum atomic E-state index is 12.7. The van der Waals surface area contributed by atoms with E-state index in [2.05, 4.69) is 0 Å². The minimum Gasteiger partial charge on any atom is -0.506 e. The minimum atomic E-state index is -0.817. The van der Waals surface area contributed by atoms with Crippen LogP contribution in [0, 0.1) is 10.1 Å². The summed E-state index contributed by atoms with van der Waals surface area (Å²) < 4.78 is 0. The van der Waals surface area contributed by atoms with Crippen LogP contribution in [-0.4, -0.2) is 27.0 Å². The van der Waals surface area contributed by atoms with Crippen molar-refractivity contribution >= 4 is 46.1 Å². The topological polar surface area (TPSA) is 121 Å². The lowest BCUT2D eigenvalue weighted by Gasteiger charge is -2.12. The third kappa shape index (κ3) is 2.66. The number of nitro benzene ring substituents is 1. The molecule has 2 amide bonds. The number of hydrogen-bond acceptors (Lipinski definition) is 6. The summed E-state index contributed by atoms with van der Waals surface area (Å²) in [6.45, 7) is 1.19. The molecule has 0 aliphatic carbocycles. The number of aliphatic hydroxyl groups is 1. The third-order valence-corrected chi connectivity index (χ3v) is 4.12. The van der Waals surface area contributed by atoms with Gasteiger partial charge in [0.25, 0.3) is 5.91 Å². The molecule has 1 aliphatic rings. The number of aromatic hydroxyl groups is 1. The highest BCUT2D eigenvalue weighted by atomic mass is 35.5. The molecule has 0 spiro atoms. The number of nitro groups is 1. The fraction of sp³-hybridized carbons (Fsp3) is 0.0588. The van der Waals surface area contributed by atoms with Crippen LogP contribution in [0.15, 0.2) is 36.4 Å². The van der Waals surface area contributed by atoms with Crippen molar-refractivity contribution in [1.29, 1.82) is 0 Å². The molecule has 0 radical (unpaired) electrons. The van der Waals surface area contributed by atoms with Gasteiger partial charge in [-0.25, -0.2) is 4.90 Å². The van der Waals surface area contributed by atoms with Crippen LogP contribution in [-0.2, 0) is 9.59 Å². The summed E-state index contributed by atoms with van der Waals surface area (Å²) in [6, 6.07) is 7.58. The van der Waals surface area contributed by atoms with Crippen LogP contribution >= 0.6 is 11.6 Å². The average Bonchev–Trinajstić information content (AvgIpc) is 2.85. The van der Waals surface area contributed by atoms with Crippen molar-refractivity contribution in [3.05, 3.63) is 62.7 Å². The zero-order chi connectivity index (χ0) is 19.2. The number of phenols is 1. The van der Waals surface area contributed by atoms with Crippen LogP contribution in [0.1, 0.15) is 18.1 Å². The van der Waals surface area contributed by atoms with E-state index in [9.17, 15) is 29.9 Å². The Morgan fingerprint density at radius 2 is 1.92 bits per heavy atom. The number of nitrogens with zero attached hydrogens (tertiary/aromatic N) is 2.